The summed E-state index contributed by atoms with van der Waals surface area (Å²) in [5.74, 6) is 1.21. The first kappa shape index (κ1) is 31.8. The lowest BCUT2D eigenvalue weighted by Gasteiger charge is -2.42. The summed E-state index contributed by atoms with van der Waals surface area (Å²) in [5, 5.41) is 12.7. The van der Waals surface area contributed by atoms with Crippen molar-refractivity contribution in [1.29, 1.82) is 0 Å². The largest absolute Gasteiger partial charge is 0.481 e. The van der Waals surface area contributed by atoms with E-state index >= 15 is 0 Å². The van der Waals surface area contributed by atoms with E-state index in [9.17, 15) is 4.79 Å². The van der Waals surface area contributed by atoms with Crippen LogP contribution in [-0.4, -0.2) is 84.9 Å². The van der Waals surface area contributed by atoms with Crippen LogP contribution < -0.4 is 5.32 Å². The Hall–Kier alpha value is -2.66. The Bertz CT molecular complexity index is 1270. The standard InChI is InChI=1S/C33H49N7O2S/c1-3-27(4-2)39-18-10-33(11-19-39)9-17-38(25-33)15-6-16-40-20-14-34-30(40)22-29(32-35-12-13-36-32)37-23-26-7-5-8-28(21-26)43-24-31(41)42/h5,7-8,12-14,20-21,27,29,37H,3-4,6,9-11,15-19,22-25H2,1-2H3,(H,35,36)(H,41,42). The first-order valence-electron chi connectivity index (χ1n) is 16.1. The van der Waals surface area contributed by atoms with Gasteiger partial charge in [0.2, 0.25) is 0 Å². The Morgan fingerprint density at radius 2 is 1.93 bits per heavy atom. The van der Waals surface area contributed by atoms with Crippen molar-refractivity contribution in [3.8, 4) is 0 Å². The Kier molecular flexibility index (Phi) is 11.3. The molecule has 1 spiro atoms. The van der Waals surface area contributed by atoms with Gasteiger partial charge in [-0.2, -0.15) is 0 Å². The van der Waals surface area contributed by atoms with Crippen molar-refractivity contribution < 1.29 is 9.90 Å². The molecule has 3 aromatic rings. The van der Waals surface area contributed by atoms with E-state index in [0.29, 0.717) is 12.0 Å². The fourth-order valence-corrected chi connectivity index (χ4v) is 7.74. The molecule has 234 valence electrons. The summed E-state index contributed by atoms with van der Waals surface area (Å²) in [6, 6.07) is 8.81. The maximum absolute atomic E-state index is 11.0. The first-order chi connectivity index (χ1) is 21.0. The van der Waals surface area contributed by atoms with E-state index in [1.54, 1.807) is 6.20 Å². The number of hydrogen-bond donors (Lipinski definition) is 3. The highest BCUT2D eigenvalue weighted by Gasteiger charge is 2.40. The fraction of sp³-hybridized carbons (Fsp3) is 0.606. The van der Waals surface area contributed by atoms with Crippen LogP contribution in [0.15, 0.2) is 53.9 Å². The number of thioether (sulfide) groups is 1. The maximum Gasteiger partial charge on any atom is 0.313 e. The quantitative estimate of drug-likeness (QED) is 0.191. The second-order valence-electron chi connectivity index (χ2n) is 12.4. The molecule has 10 heteroatoms. The number of nitrogens with zero attached hydrogens (tertiary/aromatic N) is 5. The van der Waals surface area contributed by atoms with Crippen LogP contribution in [0.2, 0.25) is 0 Å². The van der Waals surface area contributed by atoms with Crippen molar-refractivity contribution in [2.75, 3.05) is 38.5 Å². The second-order valence-corrected chi connectivity index (χ2v) is 13.4. The summed E-state index contributed by atoms with van der Waals surface area (Å²) in [7, 11) is 0. The summed E-state index contributed by atoms with van der Waals surface area (Å²) in [5.41, 5.74) is 1.65. The first-order valence-corrected chi connectivity index (χ1v) is 17.1. The zero-order chi connectivity index (χ0) is 30.1. The van der Waals surface area contributed by atoms with Gasteiger partial charge in [-0.1, -0.05) is 26.0 Å². The SMILES string of the molecule is CCC(CC)N1CCC2(CCN(CCCn3ccnc3CC(NCc3cccc(SCC(=O)O)c3)c3ncc[nH]3)C2)CC1. The monoisotopic (exact) mass is 607 g/mol. The van der Waals surface area contributed by atoms with Crippen LogP contribution in [0.5, 0.6) is 0 Å². The lowest BCUT2D eigenvalue weighted by Crippen LogP contribution is -2.45. The number of aryl methyl sites for hydroxylation is 1. The molecule has 4 heterocycles. The second kappa shape index (κ2) is 15.4. The summed E-state index contributed by atoms with van der Waals surface area (Å²) < 4.78 is 2.31. The summed E-state index contributed by atoms with van der Waals surface area (Å²) >= 11 is 1.34. The molecular formula is C33H49N7O2S. The number of aromatic amines is 1. The molecule has 0 radical (unpaired) electrons. The number of piperidine rings is 1. The Labute approximate surface area is 260 Å². The molecule has 2 saturated heterocycles. The number of carboxylic acid groups (broad SMARTS) is 1. The third-order valence-corrected chi connectivity index (χ3v) is 10.5. The van der Waals surface area contributed by atoms with Crippen molar-refractivity contribution in [3.05, 3.63) is 66.3 Å². The predicted octanol–water partition coefficient (Wildman–Crippen LogP) is 5.22. The molecule has 5 rings (SSSR count). The molecule has 0 saturated carbocycles. The van der Waals surface area contributed by atoms with E-state index in [2.05, 4.69) is 61.8 Å². The number of benzene rings is 1. The summed E-state index contributed by atoms with van der Waals surface area (Å²) in [6.07, 6.45) is 16.1. The van der Waals surface area contributed by atoms with E-state index in [1.165, 1.54) is 70.0 Å². The third kappa shape index (κ3) is 8.71. The van der Waals surface area contributed by atoms with Crippen LogP contribution >= 0.6 is 11.8 Å². The lowest BCUT2D eigenvalue weighted by molar-refractivity contribution is -0.133. The molecule has 2 aliphatic rings. The highest BCUT2D eigenvalue weighted by Crippen LogP contribution is 2.41. The molecule has 0 bridgehead atoms. The van der Waals surface area contributed by atoms with Gasteiger partial charge < -0.3 is 29.8 Å². The van der Waals surface area contributed by atoms with Gasteiger partial charge in [-0.3, -0.25) is 4.79 Å². The van der Waals surface area contributed by atoms with E-state index in [0.717, 1.165) is 54.1 Å². The van der Waals surface area contributed by atoms with Gasteiger partial charge >= 0.3 is 5.97 Å². The number of hydrogen-bond acceptors (Lipinski definition) is 7. The summed E-state index contributed by atoms with van der Waals surface area (Å²) in [4.78, 5) is 30.0. The zero-order valence-electron chi connectivity index (χ0n) is 25.9. The van der Waals surface area contributed by atoms with Gasteiger partial charge in [0.05, 0.1) is 11.8 Å². The van der Waals surface area contributed by atoms with Crippen molar-refractivity contribution in [2.45, 2.75) is 88.9 Å². The van der Waals surface area contributed by atoms with Crippen LogP contribution in [0.4, 0.5) is 0 Å². The van der Waals surface area contributed by atoms with Crippen molar-refractivity contribution in [3.63, 3.8) is 0 Å². The van der Waals surface area contributed by atoms with Crippen molar-refractivity contribution >= 4 is 17.7 Å². The van der Waals surface area contributed by atoms with Crippen LogP contribution in [0.25, 0.3) is 0 Å². The van der Waals surface area contributed by atoms with Gasteiger partial charge in [-0.05, 0) is 87.8 Å². The highest BCUT2D eigenvalue weighted by molar-refractivity contribution is 8.00. The molecule has 2 aromatic heterocycles. The van der Waals surface area contributed by atoms with Crippen LogP contribution in [0.1, 0.15) is 75.6 Å². The maximum atomic E-state index is 11.0. The van der Waals surface area contributed by atoms with Crippen LogP contribution in [0, 0.1) is 5.41 Å². The number of aromatic nitrogens is 4. The number of aliphatic carboxylic acids is 1. The number of carboxylic acids is 1. The summed E-state index contributed by atoms with van der Waals surface area (Å²) in [6.45, 7) is 12.5. The van der Waals surface area contributed by atoms with Gasteiger partial charge in [-0.15, -0.1) is 11.8 Å². The van der Waals surface area contributed by atoms with E-state index in [-0.39, 0.29) is 11.8 Å². The normalized spacial score (nSPS) is 18.1. The fourth-order valence-electron chi connectivity index (χ4n) is 7.04. The van der Waals surface area contributed by atoms with Gasteiger partial charge in [0.1, 0.15) is 11.6 Å². The minimum atomic E-state index is -0.806. The minimum absolute atomic E-state index is 0.0178. The highest BCUT2D eigenvalue weighted by atomic mass is 32.2. The van der Waals surface area contributed by atoms with E-state index < -0.39 is 5.97 Å². The molecular weight excluding hydrogens is 558 g/mol. The molecule has 3 N–H and O–H groups in total. The van der Waals surface area contributed by atoms with Gasteiger partial charge in [0.15, 0.2) is 0 Å². The lowest BCUT2D eigenvalue weighted by atomic mass is 9.77. The average Bonchev–Trinajstić information content (AvgIpc) is 3.79. The number of likely N-dealkylation sites (tertiary alicyclic amines) is 2. The number of rotatable bonds is 16. The number of imidazole rings is 2. The van der Waals surface area contributed by atoms with Gasteiger partial charge in [0, 0.05) is 61.8 Å². The molecule has 1 aromatic carbocycles. The number of H-pyrrole nitrogens is 1. The topological polar surface area (TPSA) is 102 Å². The van der Waals surface area contributed by atoms with Crippen LogP contribution in [-0.2, 0) is 24.3 Å². The third-order valence-electron chi connectivity index (χ3n) is 9.56. The minimum Gasteiger partial charge on any atom is -0.481 e. The number of nitrogens with one attached hydrogen (secondary N) is 2. The molecule has 0 amide bonds. The molecule has 0 aliphatic carbocycles. The van der Waals surface area contributed by atoms with E-state index in [1.807, 2.05) is 24.5 Å². The molecule has 1 atom stereocenters. The Balaban J connectivity index is 1.11. The molecule has 43 heavy (non-hydrogen) atoms. The number of carbonyl (C=O) groups is 1. The van der Waals surface area contributed by atoms with Gasteiger partial charge in [-0.25, -0.2) is 9.97 Å². The van der Waals surface area contributed by atoms with E-state index in [4.69, 9.17) is 10.1 Å². The van der Waals surface area contributed by atoms with Crippen molar-refractivity contribution in [2.24, 2.45) is 5.41 Å². The zero-order valence-corrected chi connectivity index (χ0v) is 26.7. The smallest absolute Gasteiger partial charge is 0.313 e. The molecule has 1 unspecified atom stereocenters. The van der Waals surface area contributed by atoms with Gasteiger partial charge in [0.25, 0.3) is 0 Å². The average molecular weight is 608 g/mol. The molecule has 2 fully saturated rings. The van der Waals surface area contributed by atoms with Crippen molar-refractivity contribution in [1.82, 2.24) is 34.6 Å². The Morgan fingerprint density at radius 3 is 2.67 bits per heavy atom. The molecule has 9 nitrogen and oxygen atoms in total. The Morgan fingerprint density at radius 1 is 1.12 bits per heavy atom. The predicted molar refractivity (Wildman–Crippen MR) is 172 cm³/mol. The molecule has 2 aliphatic heterocycles. The van der Waals surface area contributed by atoms with Crippen LogP contribution in [0.3, 0.4) is 0 Å².